The van der Waals surface area contributed by atoms with E-state index >= 15 is 0 Å². The Kier molecular flexibility index (Phi) is 3.78. The van der Waals surface area contributed by atoms with Crippen LogP contribution < -0.4 is 10.2 Å². The minimum absolute atomic E-state index is 0.662. The normalized spacial score (nSPS) is 13.2. The molecule has 25 heavy (non-hydrogen) atoms. The van der Waals surface area contributed by atoms with Crippen LogP contribution in [0.5, 0.6) is 0 Å². The molecule has 1 aromatic heterocycles. The van der Waals surface area contributed by atoms with Gasteiger partial charge in [-0.05, 0) is 35.4 Å². The number of nitrogens with zero attached hydrogens (tertiary/aromatic N) is 3. The smallest absolute Gasteiger partial charge is 0.144 e. The number of aromatic nitrogens is 1. The number of hydrogen-bond donors (Lipinski definition) is 1. The summed E-state index contributed by atoms with van der Waals surface area (Å²) in [6.07, 6.45) is 1.78. The maximum atomic E-state index is 4.58. The molecule has 0 bridgehead atoms. The van der Waals surface area contributed by atoms with E-state index in [-0.39, 0.29) is 0 Å². The fourth-order valence-corrected chi connectivity index (χ4v) is 2.84. The maximum absolute atomic E-state index is 4.58. The lowest BCUT2D eigenvalue weighted by molar-refractivity contribution is 1.00. The van der Waals surface area contributed by atoms with E-state index in [2.05, 4.69) is 58.3 Å². The lowest BCUT2D eigenvalue weighted by Crippen LogP contribution is -2.28. The van der Waals surface area contributed by atoms with Crippen LogP contribution in [0.25, 0.3) is 11.1 Å². The van der Waals surface area contributed by atoms with Crippen LogP contribution in [0.1, 0.15) is 5.56 Å². The second-order valence-electron chi connectivity index (χ2n) is 5.88. The molecule has 4 heteroatoms. The van der Waals surface area contributed by atoms with Gasteiger partial charge in [0.25, 0.3) is 0 Å². The van der Waals surface area contributed by atoms with Crippen LogP contribution in [-0.4, -0.2) is 17.9 Å². The average molecular weight is 326 g/mol. The zero-order valence-electron chi connectivity index (χ0n) is 14.0. The van der Waals surface area contributed by atoms with Crippen LogP contribution in [0.4, 0.5) is 11.5 Å². The monoisotopic (exact) mass is 326 g/mol. The lowest BCUT2D eigenvalue weighted by atomic mass is 10.1. The Morgan fingerprint density at radius 2 is 1.60 bits per heavy atom. The summed E-state index contributed by atoms with van der Waals surface area (Å²) < 4.78 is 0. The van der Waals surface area contributed by atoms with Gasteiger partial charge in [-0.25, -0.2) is 9.98 Å². The number of nitrogens with one attached hydrogen (secondary N) is 1. The van der Waals surface area contributed by atoms with Crippen LogP contribution in [0.3, 0.4) is 0 Å². The molecular weight excluding hydrogens is 308 g/mol. The lowest BCUT2D eigenvalue weighted by Gasteiger charge is -2.26. The van der Waals surface area contributed by atoms with E-state index in [9.17, 15) is 0 Å². The number of hydrogen-bond acceptors (Lipinski definition) is 4. The molecule has 0 radical (unpaired) electrons. The molecule has 4 nitrogen and oxygen atoms in total. The molecule has 2 aromatic carbocycles. The average Bonchev–Trinajstić information content (AvgIpc) is 2.67. The number of pyridine rings is 1. The van der Waals surface area contributed by atoms with E-state index in [0.717, 1.165) is 22.9 Å². The molecule has 122 valence electrons. The third-order valence-corrected chi connectivity index (χ3v) is 4.24. The second kappa shape index (κ2) is 6.24. The molecule has 1 N–H and O–H groups in total. The Morgan fingerprint density at radius 1 is 0.880 bits per heavy atom. The fourth-order valence-electron chi connectivity index (χ4n) is 2.84. The first-order valence-corrected chi connectivity index (χ1v) is 8.11. The van der Waals surface area contributed by atoms with Crippen molar-refractivity contribution in [1.29, 1.82) is 0 Å². The number of anilines is 2. The topological polar surface area (TPSA) is 40.5 Å². The van der Waals surface area contributed by atoms with E-state index in [4.69, 9.17) is 0 Å². The van der Waals surface area contributed by atoms with E-state index in [1.54, 1.807) is 6.20 Å². The van der Waals surface area contributed by atoms with Crippen molar-refractivity contribution < 1.29 is 0 Å². The molecule has 0 fully saturated rings. The van der Waals surface area contributed by atoms with Gasteiger partial charge in [0.15, 0.2) is 0 Å². The fraction of sp³-hybridized carbons (Fsp3) is 0.0476. The third kappa shape index (κ3) is 2.90. The van der Waals surface area contributed by atoms with Gasteiger partial charge in [0.2, 0.25) is 0 Å². The van der Waals surface area contributed by atoms with Gasteiger partial charge >= 0.3 is 0 Å². The number of aliphatic imine (C=N–C) groups is 1. The Balaban J connectivity index is 1.62. The summed E-state index contributed by atoms with van der Waals surface area (Å²) in [6, 6.07) is 22.6. The van der Waals surface area contributed by atoms with Crippen molar-refractivity contribution in [2.75, 3.05) is 17.3 Å². The van der Waals surface area contributed by atoms with Gasteiger partial charge in [0.1, 0.15) is 17.5 Å². The molecule has 2 heterocycles. The first-order chi connectivity index (χ1) is 12.2. The van der Waals surface area contributed by atoms with Gasteiger partial charge in [-0.3, -0.25) is 0 Å². The summed E-state index contributed by atoms with van der Waals surface area (Å²) in [5.74, 6) is 2.28. The van der Waals surface area contributed by atoms with E-state index in [1.807, 2.05) is 42.3 Å². The molecule has 1 aliphatic rings. The summed E-state index contributed by atoms with van der Waals surface area (Å²) in [6.45, 7) is 4.00. The second-order valence-corrected chi connectivity index (χ2v) is 5.88. The summed E-state index contributed by atoms with van der Waals surface area (Å²) in [5.41, 5.74) is 4.33. The summed E-state index contributed by atoms with van der Waals surface area (Å²) in [5, 5.41) is 3.39. The molecule has 0 spiro atoms. The Morgan fingerprint density at radius 3 is 2.36 bits per heavy atom. The van der Waals surface area contributed by atoms with E-state index in [0.29, 0.717) is 5.82 Å². The van der Waals surface area contributed by atoms with Gasteiger partial charge in [-0.2, -0.15) is 0 Å². The maximum Gasteiger partial charge on any atom is 0.144 e. The quantitative estimate of drug-likeness (QED) is 0.752. The molecule has 0 saturated carbocycles. The Labute approximate surface area is 147 Å². The highest BCUT2D eigenvalue weighted by Crippen LogP contribution is 2.27. The third-order valence-electron chi connectivity index (χ3n) is 4.24. The van der Waals surface area contributed by atoms with Gasteiger partial charge in [-0.15, -0.1) is 0 Å². The minimum atomic E-state index is 0.662. The van der Waals surface area contributed by atoms with Crippen LogP contribution in [0.15, 0.2) is 90.3 Å². The first kappa shape index (κ1) is 15.1. The number of fused-ring (bicyclic) bond motifs is 1. The molecule has 0 amide bonds. The van der Waals surface area contributed by atoms with Crippen molar-refractivity contribution in [1.82, 2.24) is 4.98 Å². The highest BCUT2D eigenvalue weighted by atomic mass is 15.3. The molecule has 1 aliphatic heterocycles. The highest BCUT2D eigenvalue weighted by molar-refractivity contribution is 6.13. The summed E-state index contributed by atoms with van der Waals surface area (Å²) >= 11 is 0. The predicted molar refractivity (Wildman–Crippen MR) is 104 cm³/mol. The van der Waals surface area contributed by atoms with Gasteiger partial charge in [0, 0.05) is 18.9 Å². The van der Waals surface area contributed by atoms with Gasteiger partial charge < -0.3 is 10.2 Å². The van der Waals surface area contributed by atoms with Crippen LogP contribution in [-0.2, 0) is 0 Å². The Hall–Kier alpha value is -3.40. The van der Waals surface area contributed by atoms with Crippen molar-refractivity contribution in [3.63, 3.8) is 0 Å². The van der Waals surface area contributed by atoms with Crippen molar-refractivity contribution in [3.8, 4) is 11.1 Å². The molecule has 0 atom stereocenters. The van der Waals surface area contributed by atoms with Crippen molar-refractivity contribution >= 4 is 17.3 Å². The number of amidine groups is 1. The zero-order chi connectivity index (χ0) is 17.2. The van der Waals surface area contributed by atoms with Gasteiger partial charge in [0.05, 0.1) is 5.56 Å². The molecule has 0 unspecified atom stereocenters. The number of rotatable bonds is 2. The zero-order valence-corrected chi connectivity index (χ0v) is 14.0. The molecule has 3 aromatic rings. The van der Waals surface area contributed by atoms with Crippen molar-refractivity contribution in [2.45, 2.75) is 0 Å². The molecule has 0 aliphatic carbocycles. The van der Waals surface area contributed by atoms with Crippen molar-refractivity contribution in [2.24, 2.45) is 4.99 Å². The van der Waals surface area contributed by atoms with Crippen LogP contribution in [0.2, 0.25) is 0 Å². The largest absolute Gasteiger partial charge is 0.340 e. The van der Waals surface area contributed by atoms with Crippen LogP contribution in [0, 0.1) is 0 Å². The highest BCUT2D eigenvalue weighted by Gasteiger charge is 2.21. The Bertz CT molecular complexity index is 943. The van der Waals surface area contributed by atoms with E-state index < -0.39 is 0 Å². The first-order valence-electron chi connectivity index (χ1n) is 8.11. The van der Waals surface area contributed by atoms with Gasteiger partial charge in [-0.1, -0.05) is 49.0 Å². The number of benzene rings is 2. The molecule has 4 rings (SSSR count). The predicted octanol–water partition coefficient (Wildman–Crippen LogP) is 4.53. The van der Waals surface area contributed by atoms with Crippen LogP contribution >= 0.6 is 0 Å². The SMILES string of the molecule is C=C1N=C(Nc2ccc(-c3ccccc3)cc2)c2cccnc2N1C. The minimum Gasteiger partial charge on any atom is -0.340 e. The van der Waals surface area contributed by atoms with Crippen molar-refractivity contribution in [3.05, 3.63) is 90.9 Å². The standard InChI is InChI=1S/C21H18N4/c1-15-23-20(19-9-6-14-22-21(19)25(15)2)24-18-12-10-17(11-13-18)16-7-4-3-5-8-16/h3-14H,1H2,2H3,(H,23,24). The summed E-state index contributed by atoms with van der Waals surface area (Å²) in [4.78, 5) is 10.9. The molecule has 0 saturated heterocycles. The summed E-state index contributed by atoms with van der Waals surface area (Å²) in [7, 11) is 1.92. The molecular formula is C21H18N4. The van der Waals surface area contributed by atoms with E-state index in [1.165, 1.54) is 11.1 Å².